The maximum absolute atomic E-state index is 12.6. The Hall–Kier alpha value is -3.02. The monoisotopic (exact) mass is 373 g/mol. The van der Waals surface area contributed by atoms with Crippen molar-refractivity contribution in [3.05, 3.63) is 77.9 Å². The van der Waals surface area contributed by atoms with Gasteiger partial charge in [-0.3, -0.25) is 4.79 Å². The van der Waals surface area contributed by atoms with Crippen molar-refractivity contribution >= 4 is 16.7 Å². The van der Waals surface area contributed by atoms with Crippen LogP contribution < -0.4 is 4.74 Å². The molecule has 6 heteroatoms. The highest BCUT2D eigenvalue weighted by Crippen LogP contribution is 2.23. The Morgan fingerprint density at radius 1 is 0.963 bits per heavy atom. The summed E-state index contributed by atoms with van der Waals surface area (Å²) >= 11 is 0. The highest BCUT2D eigenvalue weighted by molar-refractivity contribution is 5.90. The number of alkyl halides is 3. The minimum absolute atomic E-state index is 0.0676. The third-order valence-corrected chi connectivity index (χ3v) is 4.22. The van der Waals surface area contributed by atoms with Crippen LogP contribution in [0.1, 0.15) is 11.1 Å². The van der Waals surface area contributed by atoms with Crippen molar-refractivity contribution in [1.82, 2.24) is 4.90 Å². The van der Waals surface area contributed by atoms with Crippen LogP contribution in [-0.2, 0) is 17.8 Å². The lowest BCUT2D eigenvalue weighted by Crippen LogP contribution is -2.27. The van der Waals surface area contributed by atoms with Crippen LogP contribution >= 0.6 is 0 Å². The zero-order valence-electron chi connectivity index (χ0n) is 14.7. The van der Waals surface area contributed by atoms with Crippen molar-refractivity contribution in [3.8, 4) is 5.75 Å². The summed E-state index contributed by atoms with van der Waals surface area (Å²) in [4.78, 5) is 14.1. The van der Waals surface area contributed by atoms with Gasteiger partial charge in [-0.1, -0.05) is 54.6 Å². The van der Waals surface area contributed by atoms with E-state index in [1.165, 1.54) is 24.3 Å². The molecule has 0 saturated carbocycles. The molecule has 1 amide bonds. The first-order chi connectivity index (χ1) is 12.8. The van der Waals surface area contributed by atoms with Crippen LogP contribution in [0.25, 0.3) is 10.8 Å². The molecule has 0 aliphatic carbocycles. The number of amides is 1. The molecule has 3 aromatic rings. The van der Waals surface area contributed by atoms with Crippen molar-refractivity contribution in [1.29, 1.82) is 0 Å². The van der Waals surface area contributed by atoms with Gasteiger partial charge in [0.05, 0.1) is 6.42 Å². The van der Waals surface area contributed by atoms with Gasteiger partial charge in [0.15, 0.2) is 0 Å². The summed E-state index contributed by atoms with van der Waals surface area (Å²) in [6.45, 7) is 0.301. The Balaban J connectivity index is 1.65. The van der Waals surface area contributed by atoms with Gasteiger partial charge in [0.1, 0.15) is 5.75 Å². The van der Waals surface area contributed by atoms with Crippen molar-refractivity contribution in [2.45, 2.75) is 19.3 Å². The molecular formula is C21H18F3NO2. The summed E-state index contributed by atoms with van der Waals surface area (Å²) in [6.07, 6.45) is -4.46. The summed E-state index contributed by atoms with van der Waals surface area (Å²) < 4.78 is 40.5. The van der Waals surface area contributed by atoms with Gasteiger partial charge >= 0.3 is 6.36 Å². The second-order valence-corrected chi connectivity index (χ2v) is 6.26. The van der Waals surface area contributed by atoms with E-state index in [1.807, 2.05) is 42.5 Å². The van der Waals surface area contributed by atoms with E-state index in [0.717, 1.165) is 21.9 Å². The lowest BCUT2D eigenvalue weighted by atomic mass is 10.0. The standard InChI is InChI=1S/C21H18F3NO2/c1-25(14-15-9-11-18(12-10-15)27-21(22,23)24)20(26)13-17-7-4-6-16-5-2-3-8-19(16)17/h2-12H,13-14H2,1H3. The van der Waals surface area contributed by atoms with Crippen molar-refractivity contribution in [2.75, 3.05) is 7.05 Å². The topological polar surface area (TPSA) is 29.5 Å². The van der Waals surface area contributed by atoms with Gasteiger partial charge in [0.25, 0.3) is 0 Å². The summed E-state index contributed by atoms with van der Waals surface area (Å²) in [7, 11) is 1.67. The normalized spacial score (nSPS) is 11.4. The van der Waals surface area contributed by atoms with Gasteiger partial charge in [-0.05, 0) is 34.0 Å². The fourth-order valence-electron chi connectivity index (χ4n) is 2.90. The number of halogens is 3. The van der Waals surface area contributed by atoms with Crippen molar-refractivity contribution in [2.24, 2.45) is 0 Å². The van der Waals surface area contributed by atoms with Crippen molar-refractivity contribution < 1.29 is 22.7 Å². The van der Waals surface area contributed by atoms with Crippen LogP contribution in [0.3, 0.4) is 0 Å². The Labute approximate surface area is 155 Å². The second kappa shape index (κ2) is 7.70. The highest BCUT2D eigenvalue weighted by Gasteiger charge is 2.30. The highest BCUT2D eigenvalue weighted by atomic mass is 19.4. The molecule has 0 bridgehead atoms. The lowest BCUT2D eigenvalue weighted by Gasteiger charge is -2.18. The molecule has 0 radical (unpaired) electrons. The number of carbonyl (C=O) groups excluding carboxylic acids is 1. The predicted octanol–water partition coefficient (Wildman–Crippen LogP) is 4.94. The molecule has 0 atom stereocenters. The van der Waals surface area contributed by atoms with Gasteiger partial charge in [-0.25, -0.2) is 0 Å². The first kappa shape index (κ1) is 18.8. The van der Waals surface area contributed by atoms with E-state index in [4.69, 9.17) is 0 Å². The molecule has 0 unspecified atom stereocenters. The minimum Gasteiger partial charge on any atom is -0.406 e. The Bertz CT molecular complexity index is 931. The average Bonchev–Trinajstić information content (AvgIpc) is 2.62. The molecule has 0 aliphatic rings. The van der Waals surface area contributed by atoms with Crippen LogP contribution in [0.5, 0.6) is 5.75 Å². The van der Waals surface area contributed by atoms with Gasteiger partial charge < -0.3 is 9.64 Å². The number of carbonyl (C=O) groups is 1. The van der Waals surface area contributed by atoms with Crippen LogP contribution in [0.4, 0.5) is 13.2 Å². The number of fused-ring (bicyclic) bond motifs is 1. The molecule has 3 rings (SSSR count). The lowest BCUT2D eigenvalue weighted by molar-refractivity contribution is -0.274. The van der Waals surface area contributed by atoms with E-state index in [0.29, 0.717) is 6.54 Å². The number of hydrogen-bond donors (Lipinski definition) is 0. The number of benzene rings is 3. The molecular weight excluding hydrogens is 355 g/mol. The zero-order chi connectivity index (χ0) is 19.4. The third kappa shape index (κ3) is 5.00. The minimum atomic E-state index is -4.72. The van der Waals surface area contributed by atoms with E-state index in [2.05, 4.69) is 4.74 Å². The van der Waals surface area contributed by atoms with E-state index >= 15 is 0 Å². The van der Waals surface area contributed by atoms with Crippen LogP contribution in [0, 0.1) is 0 Å². The fourth-order valence-corrected chi connectivity index (χ4v) is 2.90. The second-order valence-electron chi connectivity index (χ2n) is 6.26. The molecule has 0 saturated heterocycles. The molecule has 27 heavy (non-hydrogen) atoms. The SMILES string of the molecule is CN(Cc1ccc(OC(F)(F)F)cc1)C(=O)Cc1cccc2ccccc12. The largest absolute Gasteiger partial charge is 0.573 e. The van der Waals surface area contributed by atoms with Crippen LogP contribution in [0.2, 0.25) is 0 Å². The summed E-state index contributed by atoms with van der Waals surface area (Å²) in [6, 6.07) is 19.2. The number of rotatable bonds is 5. The number of nitrogens with zero attached hydrogens (tertiary/aromatic N) is 1. The molecule has 0 aliphatic heterocycles. The van der Waals surface area contributed by atoms with Crippen LogP contribution in [-0.4, -0.2) is 24.2 Å². The quantitative estimate of drug-likeness (QED) is 0.634. The Morgan fingerprint density at radius 2 is 1.63 bits per heavy atom. The van der Waals surface area contributed by atoms with E-state index in [-0.39, 0.29) is 18.1 Å². The number of likely N-dealkylation sites (N-methyl/N-ethyl adjacent to an activating group) is 1. The third-order valence-electron chi connectivity index (χ3n) is 4.22. The van der Waals surface area contributed by atoms with Gasteiger partial charge in [0, 0.05) is 13.6 Å². The van der Waals surface area contributed by atoms with Gasteiger partial charge in [0.2, 0.25) is 5.91 Å². The molecule has 0 spiro atoms. The maximum Gasteiger partial charge on any atom is 0.573 e. The van der Waals surface area contributed by atoms with E-state index < -0.39 is 6.36 Å². The van der Waals surface area contributed by atoms with E-state index in [9.17, 15) is 18.0 Å². The average molecular weight is 373 g/mol. The van der Waals surface area contributed by atoms with Crippen molar-refractivity contribution in [3.63, 3.8) is 0 Å². The molecule has 0 N–H and O–H groups in total. The molecule has 0 heterocycles. The summed E-state index contributed by atoms with van der Waals surface area (Å²) in [5, 5.41) is 2.11. The predicted molar refractivity (Wildman–Crippen MR) is 97.3 cm³/mol. The summed E-state index contributed by atoms with van der Waals surface area (Å²) in [5.74, 6) is -0.349. The Kier molecular flexibility index (Phi) is 5.35. The molecule has 3 aromatic carbocycles. The molecule has 140 valence electrons. The molecule has 3 nitrogen and oxygen atoms in total. The number of hydrogen-bond acceptors (Lipinski definition) is 2. The smallest absolute Gasteiger partial charge is 0.406 e. The first-order valence-electron chi connectivity index (χ1n) is 8.37. The fraction of sp³-hybridized carbons (Fsp3) is 0.190. The summed E-state index contributed by atoms with van der Waals surface area (Å²) in [5.41, 5.74) is 1.66. The van der Waals surface area contributed by atoms with E-state index in [1.54, 1.807) is 11.9 Å². The molecule has 0 aromatic heterocycles. The maximum atomic E-state index is 12.6. The zero-order valence-corrected chi connectivity index (χ0v) is 14.7. The van der Waals surface area contributed by atoms with Gasteiger partial charge in [-0.2, -0.15) is 0 Å². The Morgan fingerprint density at radius 3 is 2.33 bits per heavy atom. The molecule has 0 fully saturated rings. The first-order valence-corrected chi connectivity index (χ1v) is 8.37. The van der Waals surface area contributed by atoms with Crippen LogP contribution in [0.15, 0.2) is 66.7 Å². The number of ether oxygens (including phenoxy) is 1. The van der Waals surface area contributed by atoms with Gasteiger partial charge in [-0.15, -0.1) is 13.2 Å².